The van der Waals surface area contributed by atoms with Gasteiger partial charge in [0.2, 0.25) is 0 Å². The van der Waals surface area contributed by atoms with Gasteiger partial charge < -0.3 is 10.6 Å². The topological polar surface area (TPSA) is 59.2 Å². The first-order valence-corrected chi connectivity index (χ1v) is 9.19. The van der Waals surface area contributed by atoms with E-state index in [1.165, 1.54) is 11.3 Å². The molecule has 0 atom stereocenters. The summed E-state index contributed by atoms with van der Waals surface area (Å²) >= 11 is 1.42. The number of carbonyl (C=O) groups excluding carboxylic acids is 1. The molecule has 4 nitrogen and oxygen atoms in total. The van der Waals surface area contributed by atoms with Crippen molar-refractivity contribution in [3.05, 3.63) is 22.7 Å². The second-order valence-corrected chi connectivity index (χ2v) is 7.50. The molecule has 0 aliphatic carbocycles. The van der Waals surface area contributed by atoms with Gasteiger partial charge in [0.05, 0.1) is 5.69 Å². The molecule has 126 valence electrons. The number of anilines is 1. The average molecular weight is 334 g/mol. The molecular formula is C18H27N3OS. The van der Waals surface area contributed by atoms with E-state index in [-0.39, 0.29) is 18.0 Å². The Morgan fingerprint density at radius 1 is 1.26 bits per heavy atom. The molecule has 0 spiro atoms. The maximum atomic E-state index is 12.9. The van der Waals surface area contributed by atoms with Crippen molar-refractivity contribution in [1.82, 2.24) is 9.88 Å². The fraction of sp³-hybridized carbons (Fsp3) is 0.556. The molecule has 2 aromatic rings. The average Bonchev–Trinajstić information content (AvgIpc) is 2.81. The van der Waals surface area contributed by atoms with Gasteiger partial charge in [0.1, 0.15) is 9.71 Å². The second kappa shape index (κ2) is 7.30. The molecular weight excluding hydrogens is 306 g/mol. The fourth-order valence-electron chi connectivity index (χ4n) is 2.87. The minimum atomic E-state index is 0.00519. The van der Waals surface area contributed by atoms with E-state index in [2.05, 4.69) is 6.92 Å². The van der Waals surface area contributed by atoms with Crippen LogP contribution >= 0.6 is 11.3 Å². The maximum Gasteiger partial charge on any atom is 0.266 e. The predicted octanol–water partition coefficient (Wildman–Crippen LogP) is 4.48. The molecule has 0 unspecified atom stereocenters. The number of rotatable bonds is 6. The van der Waals surface area contributed by atoms with E-state index >= 15 is 0 Å². The number of aryl methyl sites for hydroxylation is 1. The first kappa shape index (κ1) is 17.7. The Labute approximate surface area is 142 Å². The second-order valence-electron chi connectivity index (χ2n) is 6.50. The number of hydrogen-bond donors (Lipinski definition) is 1. The number of nitrogen functional groups attached to an aromatic ring is 1. The van der Waals surface area contributed by atoms with Gasteiger partial charge in [-0.1, -0.05) is 13.3 Å². The zero-order chi connectivity index (χ0) is 17.1. The molecule has 5 heteroatoms. The van der Waals surface area contributed by atoms with Gasteiger partial charge in [-0.25, -0.2) is 4.98 Å². The van der Waals surface area contributed by atoms with Crippen LogP contribution in [0.5, 0.6) is 0 Å². The van der Waals surface area contributed by atoms with Crippen LogP contribution in [0.2, 0.25) is 0 Å². The molecule has 0 fully saturated rings. The molecule has 0 aromatic carbocycles. The van der Waals surface area contributed by atoms with Crippen LogP contribution in [-0.2, 0) is 6.42 Å². The quantitative estimate of drug-likeness (QED) is 0.848. The number of nitrogens with zero attached hydrogens (tertiary/aromatic N) is 2. The van der Waals surface area contributed by atoms with Crippen molar-refractivity contribution in [3.8, 4) is 0 Å². The van der Waals surface area contributed by atoms with Crippen molar-refractivity contribution >= 4 is 33.1 Å². The Kier molecular flexibility index (Phi) is 5.63. The Balaban J connectivity index is 2.41. The van der Waals surface area contributed by atoms with Gasteiger partial charge in [-0.3, -0.25) is 4.79 Å². The highest BCUT2D eigenvalue weighted by Gasteiger charge is 2.26. The van der Waals surface area contributed by atoms with Crippen LogP contribution in [-0.4, -0.2) is 27.9 Å². The summed E-state index contributed by atoms with van der Waals surface area (Å²) in [6.07, 6.45) is 3.24. The van der Waals surface area contributed by atoms with Crippen molar-refractivity contribution in [2.24, 2.45) is 0 Å². The first-order chi connectivity index (χ1) is 10.9. The zero-order valence-corrected chi connectivity index (χ0v) is 15.5. The van der Waals surface area contributed by atoms with Crippen molar-refractivity contribution in [2.75, 3.05) is 5.73 Å². The third-order valence-corrected chi connectivity index (χ3v) is 5.08. The molecule has 0 aliphatic heterocycles. The normalized spacial score (nSPS) is 11.6. The molecule has 2 heterocycles. The molecule has 0 aliphatic rings. The monoisotopic (exact) mass is 333 g/mol. The van der Waals surface area contributed by atoms with Gasteiger partial charge in [-0.2, -0.15) is 0 Å². The van der Waals surface area contributed by atoms with Gasteiger partial charge >= 0.3 is 0 Å². The molecule has 0 saturated heterocycles. The standard InChI is InChI=1S/C18H27N3OS/c1-6-7-8-13-9-10-14-15(19)16(23-17(14)20-13)18(22)21(11(2)3)12(4)5/h9-12H,6-8,19H2,1-5H3. The van der Waals surface area contributed by atoms with Gasteiger partial charge in [0.15, 0.2) is 0 Å². The summed E-state index contributed by atoms with van der Waals surface area (Å²) in [7, 11) is 0. The lowest BCUT2D eigenvalue weighted by Gasteiger charge is -2.30. The van der Waals surface area contributed by atoms with E-state index in [9.17, 15) is 4.79 Å². The van der Waals surface area contributed by atoms with Crippen LogP contribution in [0.1, 0.15) is 62.8 Å². The molecule has 2 N–H and O–H groups in total. The molecule has 23 heavy (non-hydrogen) atoms. The van der Waals surface area contributed by atoms with E-state index in [0.29, 0.717) is 10.6 Å². The number of carbonyl (C=O) groups is 1. The lowest BCUT2D eigenvalue weighted by atomic mass is 10.1. The Morgan fingerprint density at radius 2 is 1.91 bits per heavy atom. The maximum absolute atomic E-state index is 12.9. The summed E-state index contributed by atoms with van der Waals surface area (Å²) in [5.41, 5.74) is 7.89. The van der Waals surface area contributed by atoms with Crippen molar-refractivity contribution in [3.63, 3.8) is 0 Å². The number of amides is 1. The summed E-state index contributed by atoms with van der Waals surface area (Å²) < 4.78 is 0. The Hall–Kier alpha value is -1.62. The van der Waals surface area contributed by atoms with Crippen LogP contribution < -0.4 is 5.73 Å². The lowest BCUT2D eigenvalue weighted by Crippen LogP contribution is -2.41. The van der Waals surface area contributed by atoms with Crippen LogP contribution in [0.15, 0.2) is 12.1 Å². The van der Waals surface area contributed by atoms with Gasteiger partial charge in [-0.05, 0) is 52.7 Å². The fourth-order valence-corrected chi connectivity index (χ4v) is 3.93. The number of thiophene rings is 1. The third-order valence-electron chi connectivity index (χ3n) is 3.98. The Morgan fingerprint density at radius 3 is 2.48 bits per heavy atom. The summed E-state index contributed by atoms with van der Waals surface area (Å²) in [5, 5.41) is 0.895. The van der Waals surface area contributed by atoms with Crippen LogP contribution in [0.25, 0.3) is 10.2 Å². The minimum Gasteiger partial charge on any atom is -0.397 e. The number of pyridine rings is 1. The van der Waals surface area contributed by atoms with Crippen LogP contribution in [0.3, 0.4) is 0 Å². The van der Waals surface area contributed by atoms with E-state index in [0.717, 1.165) is 35.2 Å². The zero-order valence-electron chi connectivity index (χ0n) is 14.7. The van der Waals surface area contributed by atoms with E-state index in [4.69, 9.17) is 10.7 Å². The van der Waals surface area contributed by atoms with Crippen molar-refractivity contribution < 1.29 is 4.79 Å². The molecule has 2 aromatic heterocycles. The molecule has 0 radical (unpaired) electrons. The lowest BCUT2D eigenvalue weighted by molar-refractivity contribution is 0.0650. The molecule has 0 saturated carbocycles. The third kappa shape index (κ3) is 3.66. The summed E-state index contributed by atoms with van der Waals surface area (Å²) in [6.45, 7) is 10.3. The van der Waals surface area contributed by atoms with Crippen molar-refractivity contribution in [1.29, 1.82) is 0 Å². The summed E-state index contributed by atoms with van der Waals surface area (Å²) in [6, 6.07) is 4.31. The Bertz CT molecular complexity index is 683. The van der Waals surface area contributed by atoms with Crippen molar-refractivity contribution in [2.45, 2.75) is 66.0 Å². The minimum absolute atomic E-state index is 0.00519. The highest BCUT2D eigenvalue weighted by atomic mass is 32.1. The number of hydrogen-bond acceptors (Lipinski definition) is 4. The smallest absolute Gasteiger partial charge is 0.266 e. The molecule has 2 rings (SSSR count). The number of aromatic nitrogens is 1. The van der Waals surface area contributed by atoms with Crippen LogP contribution in [0.4, 0.5) is 5.69 Å². The summed E-state index contributed by atoms with van der Waals surface area (Å²) in [4.78, 5) is 21.0. The molecule has 0 bridgehead atoms. The first-order valence-electron chi connectivity index (χ1n) is 8.37. The number of unbranched alkanes of at least 4 members (excludes halogenated alkanes) is 1. The number of nitrogens with two attached hydrogens (primary N) is 1. The van der Waals surface area contributed by atoms with E-state index in [1.54, 1.807) is 0 Å². The predicted molar refractivity (Wildman–Crippen MR) is 99.1 cm³/mol. The van der Waals surface area contributed by atoms with E-state index in [1.807, 2.05) is 44.7 Å². The van der Waals surface area contributed by atoms with Crippen LogP contribution in [0, 0.1) is 0 Å². The molecule has 1 amide bonds. The van der Waals surface area contributed by atoms with Gasteiger partial charge in [-0.15, -0.1) is 11.3 Å². The highest BCUT2D eigenvalue weighted by Crippen LogP contribution is 2.34. The summed E-state index contributed by atoms with van der Waals surface area (Å²) in [5.74, 6) is 0.00519. The SMILES string of the molecule is CCCCc1ccc2c(N)c(C(=O)N(C(C)C)C(C)C)sc2n1. The van der Waals surface area contributed by atoms with Gasteiger partial charge in [0, 0.05) is 23.2 Å². The highest BCUT2D eigenvalue weighted by molar-refractivity contribution is 7.21. The van der Waals surface area contributed by atoms with E-state index < -0.39 is 0 Å². The largest absolute Gasteiger partial charge is 0.397 e. The van der Waals surface area contributed by atoms with Gasteiger partial charge in [0.25, 0.3) is 5.91 Å². The number of fused-ring (bicyclic) bond motifs is 1.